The van der Waals surface area contributed by atoms with E-state index in [4.69, 9.17) is 9.47 Å². The molecule has 2 rings (SSSR count). The number of phenolic OH excluding ortho intramolecular Hbond substituents is 1. The molecule has 2 aromatic rings. The van der Waals surface area contributed by atoms with E-state index in [1.165, 1.54) is 12.3 Å². The predicted molar refractivity (Wildman–Crippen MR) is 101 cm³/mol. The van der Waals surface area contributed by atoms with Gasteiger partial charge in [-0.1, -0.05) is 0 Å². The topological polar surface area (TPSA) is 109 Å². The number of nitrogens with one attached hydrogen (secondary N) is 2. The lowest BCUT2D eigenvalue weighted by Gasteiger charge is -2.06. The fraction of sp³-hybridized carbons (Fsp3) is 0.211. The lowest BCUT2D eigenvalue weighted by Crippen LogP contribution is -2.24. The number of ether oxygens (including phenoxy) is 2. The second kappa shape index (κ2) is 9.81. The Kier molecular flexibility index (Phi) is 7.18. The number of nitrogens with zero attached hydrogens (tertiary/aromatic N) is 1. The van der Waals surface area contributed by atoms with E-state index in [9.17, 15) is 14.7 Å². The third-order valence-electron chi connectivity index (χ3n) is 3.38. The van der Waals surface area contributed by atoms with Gasteiger partial charge in [-0.2, -0.15) is 5.10 Å². The molecule has 3 N–H and O–H groups in total. The number of hydrazone groups is 1. The van der Waals surface area contributed by atoms with Crippen LogP contribution in [0.25, 0.3) is 0 Å². The first-order valence-corrected chi connectivity index (χ1v) is 8.23. The minimum Gasteiger partial charge on any atom is -0.504 e. The molecule has 0 unspecified atom stereocenters. The number of hydrogen-bond donors (Lipinski definition) is 3. The monoisotopic (exact) mass is 371 g/mol. The highest BCUT2D eigenvalue weighted by molar-refractivity contribution is 6.03. The van der Waals surface area contributed by atoms with Crippen LogP contribution in [0.1, 0.15) is 18.9 Å². The molecule has 2 aromatic carbocycles. The zero-order valence-corrected chi connectivity index (χ0v) is 15.1. The largest absolute Gasteiger partial charge is 0.504 e. The lowest BCUT2D eigenvalue weighted by molar-refractivity contribution is -0.126. The average molecular weight is 371 g/mol. The zero-order valence-electron chi connectivity index (χ0n) is 15.1. The Morgan fingerprint density at radius 2 is 1.89 bits per heavy atom. The van der Waals surface area contributed by atoms with Gasteiger partial charge in [0.1, 0.15) is 12.2 Å². The molecule has 2 amide bonds. The van der Waals surface area contributed by atoms with Crippen molar-refractivity contribution in [2.75, 3.05) is 19.0 Å². The second-order valence-corrected chi connectivity index (χ2v) is 5.41. The van der Waals surface area contributed by atoms with Gasteiger partial charge in [-0.25, -0.2) is 5.43 Å². The molecule has 0 saturated heterocycles. The number of benzene rings is 2. The van der Waals surface area contributed by atoms with Crippen LogP contribution in [0.15, 0.2) is 47.6 Å². The van der Waals surface area contributed by atoms with Gasteiger partial charge in [0.25, 0.3) is 0 Å². The number of carbonyl (C=O) groups excluding carboxylic acids is 2. The molecule has 27 heavy (non-hydrogen) atoms. The summed E-state index contributed by atoms with van der Waals surface area (Å²) >= 11 is 0. The van der Waals surface area contributed by atoms with Crippen molar-refractivity contribution in [3.8, 4) is 17.2 Å². The molecule has 0 radical (unpaired) electrons. The fourth-order valence-electron chi connectivity index (χ4n) is 2.13. The summed E-state index contributed by atoms with van der Waals surface area (Å²) in [5.74, 6) is -0.00103. The van der Waals surface area contributed by atoms with Gasteiger partial charge in [-0.05, 0) is 55.0 Å². The minimum atomic E-state index is -0.555. The highest BCUT2D eigenvalue weighted by Gasteiger charge is 2.09. The Bertz CT molecular complexity index is 819. The number of anilines is 1. The van der Waals surface area contributed by atoms with Crippen LogP contribution in [0.3, 0.4) is 0 Å². The van der Waals surface area contributed by atoms with E-state index in [1.807, 2.05) is 0 Å². The molecule has 0 heterocycles. The summed E-state index contributed by atoms with van der Waals surface area (Å²) in [4.78, 5) is 23.7. The van der Waals surface area contributed by atoms with Crippen molar-refractivity contribution >= 4 is 23.7 Å². The van der Waals surface area contributed by atoms with Crippen molar-refractivity contribution in [1.29, 1.82) is 0 Å². The number of phenols is 1. The summed E-state index contributed by atoms with van der Waals surface area (Å²) in [6.07, 6.45) is 1.02. The Balaban J connectivity index is 1.83. The van der Waals surface area contributed by atoms with Gasteiger partial charge >= 0.3 is 0 Å². The number of hydrogen-bond acceptors (Lipinski definition) is 6. The van der Waals surface area contributed by atoms with Gasteiger partial charge in [-0.15, -0.1) is 0 Å². The third kappa shape index (κ3) is 6.35. The minimum absolute atomic E-state index is 0.0215. The molecule has 0 fully saturated rings. The summed E-state index contributed by atoms with van der Waals surface area (Å²) in [6, 6.07) is 11.4. The Hall–Kier alpha value is -3.55. The van der Waals surface area contributed by atoms with Crippen LogP contribution in [0.4, 0.5) is 5.69 Å². The van der Waals surface area contributed by atoms with Crippen LogP contribution >= 0.6 is 0 Å². The Labute approximate surface area is 156 Å². The summed E-state index contributed by atoms with van der Waals surface area (Å²) < 4.78 is 10.3. The van der Waals surface area contributed by atoms with Crippen molar-refractivity contribution < 1.29 is 24.2 Å². The summed E-state index contributed by atoms with van der Waals surface area (Å²) in [5, 5.41) is 16.0. The van der Waals surface area contributed by atoms with E-state index >= 15 is 0 Å². The van der Waals surface area contributed by atoms with E-state index in [0.717, 1.165) is 0 Å². The number of rotatable bonds is 8. The zero-order chi connectivity index (χ0) is 19.6. The maximum atomic E-state index is 11.9. The van der Waals surface area contributed by atoms with E-state index < -0.39 is 11.8 Å². The highest BCUT2D eigenvalue weighted by atomic mass is 16.5. The number of amides is 2. The first-order valence-electron chi connectivity index (χ1n) is 8.23. The molecule has 8 nitrogen and oxygen atoms in total. The molecule has 0 atom stereocenters. The van der Waals surface area contributed by atoms with Gasteiger partial charge in [-0.3, -0.25) is 9.59 Å². The molecular formula is C19H21N3O5. The van der Waals surface area contributed by atoms with Crippen molar-refractivity contribution in [2.45, 2.75) is 13.3 Å². The molecule has 0 spiro atoms. The first kappa shape index (κ1) is 19.8. The fourth-order valence-corrected chi connectivity index (χ4v) is 2.13. The van der Waals surface area contributed by atoms with Gasteiger partial charge in [0.15, 0.2) is 11.5 Å². The van der Waals surface area contributed by atoms with Gasteiger partial charge < -0.3 is 19.9 Å². The summed E-state index contributed by atoms with van der Waals surface area (Å²) in [7, 11) is 1.55. The van der Waals surface area contributed by atoms with Gasteiger partial charge in [0, 0.05) is 5.69 Å². The first-order chi connectivity index (χ1) is 13.0. The van der Waals surface area contributed by atoms with Crippen molar-refractivity contribution in [3.63, 3.8) is 0 Å². The molecule has 0 aliphatic carbocycles. The quantitative estimate of drug-likeness (QED) is 0.375. The van der Waals surface area contributed by atoms with Crippen LogP contribution < -0.4 is 20.2 Å². The molecule has 0 saturated carbocycles. The maximum Gasteiger partial charge on any atom is 0.249 e. The van der Waals surface area contributed by atoms with Crippen LogP contribution in [0.2, 0.25) is 0 Å². The SMILES string of the molecule is CCOc1cc(/C=N/NC(=O)CC(=O)Nc2ccc(OC)cc2)ccc1O. The summed E-state index contributed by atoms with van der Waals surface area (Å²) in [5.41, 5.74) is 3.46. The normalized spacial score (nSPS) is 10.4. The number of methoxy groups -OCH3 is 1. The molecule has 142 valence electrons. The second-order valence-electron chi connectivity index (χ2n) is 5.41. The van der Waals surface area contributed by atoms with E-state index in [1.54, 1.807) is 50.4 Å². The van der Waals surface area contributed by atoms with Crippen LogP contribution in [-0.4, -0.2) is 36.9 Å². The van der Waals surface area contributed by atoms with Crippen molar-refractivity contribution in [3.05, 3.63) is 48.0 Å². The van der Waals surface area contributed by atoms with Crippen LogP contribution in [-0.2, 0) is 9.59 Å². The van der Waals surface area contributed by atoms with Gasteiger partial charge in [0.2, 0.25) is 11.8 Å². The average Bonchev–Trinajstić information content (AvgIpc) is 2.65. The number of carbonyl (C=O) groups is 2. The molecular weight excluding hydrogens is 350 g/mol. The standard InChI is InChI=1S/C19H21N3O5/c1-3-27-17-10-13(4-9-16(17)23)12-20-22-19(25)11-18(24)21-14-5-7-15(26-2)8-6-14/h4-10,12,23H,3,11H2,1-2H3,(H,21,24)(H,22,25)/b20-12+. The van der Waals surface area contributed by atoms with E-state index in [0.29, 0.717) is 29.4 Å². The molecule has 8 heteroatoms. The van der Waals surface area contributed by atoms with Crippen molar-refractivity contribution in [1.82, 2.24) is 5.43 Å². The Morgan fingerprint density at radius 3 is 2.56 bits per heavy atom. The lowest BCUT2D eigenvalue weighted by atomic mass is 10.2. The van der Waals surface area contributed by atoms with Crippen LogP contribution in [0.5, 0.6) is 17.2 Å². The Morgan fingerprint density at radius 1 is 1.15 bits per heavy atom. The predicted octanol–water partition coefficient (Wildman–Crippen LogP) is 2.28. The molecule has 0 aliphatic rings. The molecule has 0 bridgehead atoms. The highest BCUT2D eigenvalue weighted by Crippen LogP contribution is 2.26. The number of aromatic hydroxyl groups is 1. The third-order valence-corrected chi connectivity index (χ3v) is 3.38. The molecule has 0 aromatic heterocycles. The summed E-state index contributed by atoms with van der Waals surface area (Å²) in [6.45, 7) is 2.21. The van der Waals surface area contributed by atoms with Crippen LogP contribution in [0, 0.1) is 0 Å². The van der Waals surface area contributed by atoms with Gasteiger partial charge in [0.05, 0.1) is 19.9 Å². The van der Waals surface area contributed by atoms with E-state index in [2.05, 4.69) is 15.8 Å². The molecule has 0 aliphatic heterocycles. The maximum absolute atomic E-state index is 11.9. The smallest absolute Gasteiger partial charge is 0.249 e. The van der Waals surface area contributed by atoms with E-state index in [-0.39, 0.29) is 12.2 Å². The van der Waals surface area contributed by atoms with Crippen molar-refractivity contribution in [2.24, 2.45) is 5.10 Å².